The number of hydrogen-bond donors (Lipinski definition) is 0. The van der Waals surface area contributed by atoms with E-state index in [1.807, 2.05) is 0 Å². The van der Waals surface area contributed by atoms with Crippen molar-refractivity contribution in [3.8, 4) is 0 Å². The summed E-state index contributed by atoms with van der Waals surface area (Å²) in [4.78, 5) is 0. The molecule has 0 saturated carbocycles. The van der Waals surface area contributed by atoms with Gasteiger partial charge in [-0.25, -0.2) is 0 Å². The van der Waals surface area contributed by atoms with Crippen molar-refractivity contribution < 1.29 is 25.8 Å². The molecule has 0 aliphatic heterocycles. The largest absolute Gasteiger partial charge is 4.00 e. The van der Waals surface area contributed by atoms with E-state index >= 15 is 0 Å². The third-order valence-corrected chi connectivity index (χ3v) is 5.77. The quantitative estimate of drug-likeness (QED) is 0.146. The van der Waals surface area contributed by atoms with Crippen LogP contribution in [0.25, 0.3) is 21.5 Å². The predicted octanol–water partition coefficient (Wildman–Crippen LogP) is 9.83. The molecule has 0 heterocycles. The number of hydrogen-bond acceptors (Lipinski definition) is 0. The molecule has 34 heavy (non-hydrogen) atoms. The number of benzene rings is 2. The van der Waals surface area contributed by atoms with E-state index in [0.29, 0.717) is 0 Å². The van der Waals surface area contributed by atoms with Gasteiger partial charge in [0.05, 0.1) is 0 Å². The van der Waals surface area contributed by atoms with E-state index in [2.05, 4.69) is 101 Å². The van der Waals surface area contributed by atoms with Gasteiger partial charge in [-0.05, 0) is 12.8 Å². The van der Waals surface area contributed by atoms with Crippen molar-refractivity contribution in [2.24, 2.45) is 0 Å². The molecule has 0 N–H and O–H groups in total. The van der Waals surface area contributed by atoms with Crippen LogP contribution in [0.1, 0.15) is 62.8 Å². The summed E-state index contributed by atoms with van der Waals surface area (Å²) in [6.07, 6.45) is 7.23. The summed E-state index contributed by atoms with van der Waals surface area (Å²) >= 11 is 0. The Hall–Kier alpha value is -1.25. The van der Waals surface area contributed by atoms with Gasteiger partial charge in [0.25, 0.3) is 0 Å². The topological polar surface area (TPSA) is 0 Å². The second-order valence-corrected chi connectivity index (χ2v) is 9.18. The Bertz CT molecular complexity index is 954. The van der Waals surface area contributed by atoms with Crippen LogP contribution in [0.5, 0.6) is 0 Å². The summed E-state index contributed by atoms with van der Waals surface area (Å²) in [6, 6.07) is 22.2. The van der Waals surface area contributed by atoms with E-state index in [9.17, 15) is 0 Å². The Morgan fingerprint density at radius 1 is 0.618 bits per heavy atom. The maximum Gasteiger partial charge on any atom is 4.00 e. The second kappa shape index (κ2) is 19.0. The Morgan fingerprint density at radius 3 is 1.24 bits per heavy atom. The molecule has 182 valence electrons. The minimum absolute atomic E-state index is 0. The molecule has 0 aromatic heterocycles. The van der Waals surface area contributed by atoms with Crippen molar-refractivity contribution in [1.29, 1.82) is 0 Å². The zero-order valence-corrected chi connectivity index (χ0v) is 27.6. The van der Waals surface area contributed by atoms with Gasteiger partial charge in [0.2, 0.25) is 0 Å². The molecule has 2 radical (unpaired) electrons. The molecule has 0 spiro atoms. The molecule has 0 saturated heterocycles. The zero-order chi connectivity index (χ0) is 22.6. The average Bonchev–Trinajstić information content (AvgIpc) is 3.33. The van der Waals surface area contributed by atoms with Crippen molar-refractivity contribution in [2.75, 3.05) is 0 Å². The Labute approximate surface area is 232 Å². The van der Waals surface area contributed by atoms with Gasteiger partial charge in [-0.2, -0.15) is 11.1 Å². The van der Waals surface area contributed by atoms with Gasteiger partial charge in [0.15, 0.2) is 0 Å². The number of rotatable bonds is 6. The first-order valence-electron chi connectivity index (χ1n) is 12.1. The summed E-state index contributed by atoms with van der Waals surface area (Å²) in [5, 5.41) is 5.75. The van der Waals surface area contributed by atoms with Crippen LogP contribution in [-0.2, 0) is 51.5 Å². The number of aryl methyl sites for hydroxylation is 4. The van der Waals surface area contributed by atoms with Crippen LogP contribution in [-0.4, -0.2) is 9.52 Å². The molecule has 0 unspecified atom stereocenters. The summed E-state index contributed by atoms with van der Waals surface area (Å²) in [5.74, 6) is 0. The van der Waals surface area contributed by atoms with Crippen LogP contribution >= 0.6 is 0 Å². The molecular weight excluding hydrogens is 591 g/mol. The molecule has 4 aromatic rings. The van der Waals surface area contributed by atoms with Gasteiger partial charge < -0.3 is 14.9 Å². The fourth-order valence-electron chi connectivity index (χ4n) is 4.41. The van der Waals surface area contributed by atoms with Crippen LogP contribution in [0, 0.1) is 14.9 Å². The first-order valence-corrected chi connectivity index (χ1v) is 14.1. The minimum atomic E-state index is 0. The van der Waals surface area contributed by atoms with Gasteiger partial charge in [-0.15, -0.1) is 81.2 Å². The van der Waals surface area contributed by atoms with Crippen LogP contribution < -0.4 is 0 Å². The van der Waals surface area contributed by atoms with Crippen LogP contribution in [0.4, 0.5) is 0 Å². The Kier molecular flexibility index (Phi) is 19.5. The molecular formula is C32H46HfSi. The van der Waals surface area contributed by atoms with Crippen molar-refractivity contribution in [3.63, 3.8) is 0 Å². The molecule has 2 heteroatoms. The Balaban J connectivity index is 0. The third kappa shape index (κ3) is 9.08. The Morgan fingerprint density at radius 2 is 0.941 bits per heavy atom. The molecule has 0 bridgehead atoms. The van der Waals surface area contributed by atoms with E-state index in [1.54, 1.807) is 11.1 Å². The summed E-state index contributed by atoms with van der Waals surface area (Å²) in [7, 11) is 1.08. The van der Waals surface area contributed by atoms with Crippen molar-refractivity contribution in [1.82, 2.24) is 0 Å². The molecule has 0 atom stereocenters. The van der Waals surface area contributed by atoms with E-state index < -0.39 is 0 Å². The second-order valence-electron chi connectivity index (χ2n) is 8.18. The van der Waals surface area contributed by atoms with Gasteiger partial charge in [-0.1, -0.05) is 78.6 Å². The fourth-order valence-corrected chi connectivity index (χ4v) is 4.41. The van der Waals surface area contributed by atoms with Gasteiger partial charge in [-0.3, -0.25) is 0 Å². The normalized spacial score (nSPS) is 9.59. The molecule has 4 aromatic carbocycles. The summed E-state index contributed by atoms with van der Waals surface area (Å²) in [5.41, 5.74) is 6.22. The average molecular weight is 637 g/mol. The van der Waals surface area contributed by atoms with Crippen molar-refractivity contribution >= 4 is 31.1 Å². The van der Waals surface area contributed by atoms with Gasteiger partial charge >= 0.3 is 25.8 Å². The molecule has 0 nitrogen and oxygen atoms in total. The van der Waals surface area contributed by atoms with Gasteiger partial charge in [0.1, 0.15) is 0 Å². The summed E-state index contributed by atoms with van der Waals surface area (Å²) in [6.45, 7) is 13.3. The molecule has 0 aliphatic carbocycles. The molecule has 0 fully saturated rings. The molecule has 4 rings (SSSR count). The standard InChI is InChI=1S/2C14H17.C2H6Si.2CH3.Hf/c2*1-3-7-13-11(4-2)10-12-8-5-6-9-14(12)13;1-3-2;;;/h2*5-6,8-10H,3-4,7H2,1-2H3;1-2H3;2*1H3;/q2*-1;;2*-1;+4. The van der Waals surface area contributed by atoms with Crippen LogP contribution in [0.15, 0.2) is 60.7 Å². The monoisotopic (exact) mass is 638 g/mol. The third-order valence-electron chi connectivity index (χ3n) is 5.77. The smallest absolute Gasteiger partial charge is 0.358 e. The predicted molar refractivity (Wildman–Crippen MR) is 156 cm³/mol. The van der Waals surface area contributed by atoms with E-state index in [1.165, 1.54) is 58.4 Å². The van der Waals surface area contributed by atoms with Crippen LogP contribution in [0.3, 0.4) is 0 Å². The SMILES string of the molecule is CCCc1c(CC)[cH-]c2ccccc12.CCCc1c(CC)[cH-]c2ccccc12.C[Si]C.[CH3-].[CH3-].[Hf+4]. The maximum absolute atomic E-state index is 2.35. The molecule has 0 amide bonds. The number of fused-ring (bicyclic) bond motifs is 2. The van der Waals surface area contributed by atoms with Crippen molar-refractivity contribution in [3.05, 3.63) is 97.8 Å². The van der Waals surface area contributed by atoms with Crippen molar-refractivity contribution in [2.45, 2.75) is 79.3 Å². The maximum atomic E-state index is 2.35. The zero-order valence-electron chi connectivity index (χ0n) is 23.0. The molecule has 0 aliphatic rings. The van der Waals surface area contributed by atoms with E-state index in [4.69, 9.17) is 0 Å². The first-order chi connectivity index (χ1) is 15.1. The fraction of sp³-hybridized carbons (Fsp3) is 0.375. The van der Waals surface area contributed by atoms with Crippen LogP contribution in [0.2, 0.25) is 13.1 Å². The summed E-state index contributed by atoms with van der Waals surface area (Å²) < 4.78 is 0. The first kappa shape index (κ1) is 34.9. The van der Waals surface area contributed by atoms with E-state index in [-0.39, 0.29) is 40.7 Å². The van der Waals surface area contributed by atoms with E-state index in [0.717, 1.165) is 22.4 Å². The van der Waals surface area contributed by atoms with Gasteiger partial charge in [0, 0.05) is 9.52 Å². The minimum Gasteiger partial charge on any atom is -0.358 e.